The average Bonchev–Trinajstić information content (AvgIpc) is 2.28. The maximum absolute atomic E-state index is 9.96. The molecule has 14 heavy (non-hydrogen) atoms. The molecule has 0 saturated heterocycles. The van der Waals surface area contributed by atoms with Gasteiger partial charge in [-0.15, -0.1) is 0 Å². The predicted molar refractivity (Wildman–Crippen MR) is 54.2 cm³/mol. The van der Waals surface area contributed by atoms with Gasteiger partial charge in [-0.25, -0.2) is 0 Å². The summed E-state index contributed by atoms with van der Waals surface area (Å²) in [6.45, 7) is 2.81. The molecule has 1 aromatic rings. The number of phenolic OH excluding ortho intramolecular Hbond substituents is 1. The van der Waals surface area contributed by atoms with E-state index in [0.717, 1.165) is 24.1 Å². The van der Waals surface area contributed by atoms with Crippen molar-refractivity contribution in [3.8, 4) is 5.75 Å². The van der Waals surface area contributed by atoms with E-state index >= 15 is 0 Å². The second-order valence-electron chi connectivity index (χ2n) is 3.82. The van der Waals surface area contributed by atoms with Gasteiger partial charge >= 0.3 is 0 Å². The maximum atomic E-state index is 9.96. The minimum atomic E-state index is -0.479. The number of fused-ring (bicyclic) bond motifs is 1. The number of aromatic hydroxyl groups is 1. The zero-order valence-corrected chi connectivity index (χ0v) is 8.20. The Labute approximate surface area is 83.4 Å². The molecule has 0 fully saturated rings. The fourth-order valence-corrected chi connectivity index (χ4v) is 1.91. The predicted octanol–water partition coefficient (Wildman–Crippen LogP) is 0.960. The Kier molecular flexibility index (Phi) is 2.44. The van der Waals surface area contributed by atoms with Crippen molar-refractivity contribution in [1.29, 1.82) is 0 Å². The Morgan fingerprint density at radius 3 is 3.00 bits per heavy atom. The summed E-state index contributed by atoms with van der Waals surface area (Å²) in [5.74, 6) is 0.269. The van der Waals surface area contributed by atoms with Gasteiger partial charge in [-0.1, -0.05) is 6.07 Å². The molecule has 0 amide bonds. The van der Waals surface area contributed by atoms with Crippen LogP contribution in [0.15, 0.2) is 18.2 Å². The quantitative estimate of drug-likeness (QED) is 0.575. The molecule has 76 valence electrons. The lowest BCUT2D eigenvalue weighted by atomic mass is 9.98. The number of aliphatic hydroxyl groups is 1. The van der Waals surface area contributed by atoms with Crippen LogP contribution in [0.2, 0.25) is 0 Å². The summed E-state index contributed by atoms with van der Waals surface area (Å²) in [6, 6.07) is 5.23. The first-order chi connectivity index (χ1) is 6.68. The molecule has 0 spiro atoms. The number of nitrogens with one attached hydrogen (secondary N) is 1. The van der Waals surface area contributed by atoms with Crippen LogP contribution in [0.5, 0.6) is 5.75 Å². The van der Waals surface area contributed by atoms with Crippen LogP contribution in [-0.4, -0.2) is 22.8 Å². The molecule has 3 N–H and O–H groups in total. The molecule has 2 rings (SSSR count). The highest BCUT2D eigenvalue weighted by atomic mass is 16.3. The first-order valence-electron chi connectivity index (χ1n) is 4.91. The van der Waals surface area contributed by atoms with Crippen LogP contribution in [0.4, 0.5) is 0 Å². The molecular formula is C11H15NO2. The van der Waals surface area contributed by atoms with Crippen LogP contribution in [0.25, 0.3) is 0 Å². The second-order valence-corrected chi connectivity index (χ2v) is 3.82. The van der Waals surface area contributed by atoms with Crippen molar-refractivity contribution < 1.29 is 10.2 Å². The van der Waals surface area contributed by atoms with Gasteiger partial charge in [0.2, 0.25) is 0 Å². The van der Waals surface area contributed by atoms with Crippen molar-refractivity contribution in [2.45, 2.75) is 25.5 Å². The van der Waals surface area contributed by atoms with E-state index in [-0.39, 0.29) is 11.8 Å². The van der Waals surface area contributed by atoms with Crippen molar-refractivity contribution in [3.05, 3.63) is 29.3 Å². The highest BCUT2D eigenvalue weighted by Gasteiger charge is 2.22. The Morgan fingerprint density at radius 1 is 1.43 bits per heavy atom. The lowest BCUT2D eigenvalue weighted by Gasteiger charge is -2.18. The fraction of sp³-hybridized carbons (Fsp3) is 0.455. The summed E-state index contributed by atoms with van der Waals surface area (Å²) < 4.78 is 0. The van der Waals surface area contributed by atoms with E-state index in [1.807, 2.05) is 6.92 Å². The van der Waals surface area contributed by atoms with E-state index in [1.54, 1.807) is 18.2 Å². The van der Waals surface area contributed by atoms with Crippen LogP contribution in [0, 0.1) is 0 Å². The Balaban J connectivity index is 2.43. The largest absolute Gasteiger partial charge is 0.508 e. The van der Waals surface area contributed by atoms with Gasteiger partial charge in [-0.05, 0) is 43.1 Å². The SMILES string of the molecule is C[C@H]1NCCc2cc(O)ccc2[C@H]1O. The molecule has 0 unspecified atom stereocenters. The Morgan fingerprint density at radius 2 is 2.21 bits per heavy atom. The summed E-state index contributed by atoms with van der Waals surface area (Å²) in [7, 11) is 0. The maximum Gasteiger partial charge on any atom is 0.115 e. The van der Waals surface area contributed by atoms with E-state index < -0.39 is 6.10 Å². The Hall–Kier alpha value is -1.06. The van der Waals surface area contributed by atoms with Crippen LogP contribution in [0.3, 0.4) is 0 Å². The van der Waals surface area contributed by atoms with E-state index in [1.165, 1.54) is 0 Å². The van der Waals surface area contributed by atoms with Gasteiger partial charge in [-0.3, -0.25) is 0 Å². The zero-order valence-electron chi connectivity index (χ0n) is 8.20. The van der Waals surface area contributed by atoms with Gasteiger partial charge < -0.3 is 15.5 Å². The molecular weight excluding hydrogens is 178 g/mol. The third-order valence-electron chi connectivity index (χ3n) is 2.78. The topological polar surface area (TPSA) is 52.5 Å². The minimum Gasteiger partial charge on any atom is -0.508 e. The molecule has 0 bridgehead atoms. The highest BCUT2D eigenvalue weighted by molar-refractivity contribution is 5.37. The van der Waals surface area contributed by atoms with Crippen LogP contribution in [0.1, 0.15) is 24.2 Å². The lowest BCUT2D eigenvalue weighted by molar-refractivity contribution is 0.140. The molecule has 0 aliphatic carbocycles. The van der Waals surface area contributed by atoms with Crippen molar-refractivity contribution in [1.82, 2.24) is 5.32 Å². The van der Waals surface area contributed by atoms with Gasteiger partial charge in [0.1, 0.15) is 5.75 Å². The summed E-state index contributed by atoms with van der Waals surface area (Å²) in [5.41, 5.74) is 1.97. The molecule has 0 aromatic heterocycles. The molecule has 1 aliphatic heterocycles. The first-order valence-corrected chi connectivity index (χ1v) is 4.91. The molecule has 0 radical (unpaired) electrons. The minimum absolute atomic E-state index is 0.0702. The van der Waals surface area contributed by atoms with Crippen molar-refractivity contribution in [2.24, 2.45) is 0 Å². The van der Waals surface area contributed by atoms with E-state index in [2.05, 4.69) is 5.32 Å². The third-order valence-corrected chi connectivity index (χ3v) is 2.78. The average molecular weight is 193 g/mol. The lowest BCUT2D eigenvalue weighted by Crippen LogP contribution is -2.30. The standard InChI is InChI=1S/C11H15NO2/c1-7-11(14)10-3-2-9(13)6-8(10)4-5-12-7/h2-3,6-7,11-14H,4-5H2,1H3/t7-,11+/m1/s1. The van der Waals surface area contributed by atoms with Gasteiger partial charge in [0.15, 0.2) is 0 Å². The molecule has 1 heterocycles. The van der Waals surface area contributed by atoms with Gasteiger partial charge in [-0.2, -0.15) is 0 Å². The molecule has 3 nitrogen and oxygen atoms in total. The summed E-state index contributed by atoms with van der Waals surface area (Å²) in [4.78, 5) is 0. The van der Waals surface area contributed by atoms with E-state index in [4.69, 9.17) is 0 Å². The van der Waals surface area contributed by atoms with Crippen molar-refractivity contribution in [2.75, 3.05) is 6.54 Å². The summed E-state index contributed by atoms with van der Waals surface area (Å²) >= 11 is 0. The zero-order chi connectivity index (χ0) is 10.1. The number of hydrogen-bond donors (Lipinski definition) is 3. The molecule has 1 aliphatic rings. The smallest absolute Gasteiger partial charge is 0.115 e. The van der Waals surface area contributed by atoms with Crippen LogP contribution in [-0.2, 0) is 6.42 Å². The Bertz CT molecular complexity index is 338. The normalized spacial score (nSPS) is 26.7. The number of phenols is 1. The summed E-state index contributed by atoms with van der Waals surface area (Å²) in [5, 5.41) is 22.5. The number of hydrogen-bond acceptors (Lipinski definition) is 3. The number of aliphatic hydroxyl groups excluding tert-OH is 1. The van der Waals surface area contributed by atoms with E-state index in [0.29, 0.717) is 0 Å². The molecule has 3 heteroatoms. The van der Waals surface area contributed by atoms with Crippen molar-refractivity contribution >= 4 is 0 Å². The highest BCUT2D eigenvalue weighted by Crippen LogP contribution is 2.26. The van der Waals surface area contributed by atoms with Gasteiger partial charge in [0, 0.05) is 6.04 Å². The van der Waals surface area contributed by atoms with E-state index in [9.17, 15) is 10.2 Å². The van der Waals surface area contributed by atoms with Crippen LogP contribution >= 0.6 is 0 Å². The van der Waals surface area contributed by atoms with Crippen LogP contribution < -0.4 is 5.32 Å². The van der Waals surface area contributed by atoms with Gasteiger partial charge in [0.05, 0.1) is 6.10 Å². The number of benzene rings is 1. The molecule has 1 aromatic carbocycles. The monoisotopic (exact) mass is 193 g/mol. The summed E-state index contributed by atoms with van der Waals surface area (Å²) in [6.07, 6.45) is 0.374. The van der Waals surface area contributed by atoms with Gasteiger partial charge in [0.25, 0.3) is 0 Å². The number of rotatable bonds is 0. The van der Waals surface area contributed by atoms with Crippen molar-refractivity contribution in [3.63, 3.8) is 0 Å². The molecule has 0 saturated carbocycles. The fourth-order valence-electron chi connectivity index (χ4n) is 1.91. The first kappa shape index (κ1) is 9.49. The third kappa shape index (κ3) is 1.61. The molecule has 2 atom stereocenters. The second kappa shape index (κ2) is 3.59.